The van der Waals surface area contributed by atoms with E-state index in [-0.39, 0.29) is 11.7 Å². The van der Waals surface area contributed by atoms with Gasteiger partial charge in [-0.05, 0) is 48.7 Å². The van der Waals surface area contributed by atoms with Crippen molar-refractivity contribution >= 4 is 28.2 Å². The number of nitriles is 1. The van der Waals surface area contributed by atoms with Gasteiger partial charge in [0, 0.05) is 30.2 Å². The van der Waals surface area contributed by atoms with Crippen molar-refractivity contribution in [3.63, 3.8) is 0 Å². The Morgan fingerprint density at radius 1 is 1.25 bits per heavy atom. The van der Waals surface area contributed by atoms with E-state index in [9.17, 15) is 14.4 Å². The molecule has 5 nitrogen and oxygen atoms in total. The smallest absolute Gasteiger partial charge is 0.224 e. The quantitative estimate of drug-likeness (QED) is 0.641. The number of amides is 1. The van der Waals surface area contributed by atoms with E-state index >= 15 is 0 Å². The van der Waals surface area contributed by atoms with Gasteiger partial charge in [0.1, 0.15) is 11.9 Å². The first-order valence-electron chi connectivity index (χ1n) is 9.13. The molecule has 0 aliphatic heterocycles. The Labute approximate surface area is 163 Å². The standard InChI is InChI=1S/C22H21FN4O/c1-3-4-20(28)27-18-7-5-15(6-8-18)12-25-22-16(11-24)13-26-21-14(2)9-17(23)10-19(21)22/h5-10,13H,3-4,12H2,1-2H3,(H,25,26)(H,27,28). The summed E-state index contributed by atoms with van der Waals surface area (Å²) in [4.78, 5) is 16.0. The molecule has 2 aromatic carbocycles. The van der Waals surface area contributed by atoms with Crippen molar-refractivity contribution in [2.24, 2.45) is 0 Å². The van der Waals surface area contributed by atoms with Gasteiger partial charge in [-0.1, -0.05) is 19.1 Å². The summed E-state index contributed by atoms with van der Waals surface area (Å²) < 4.78 is 13.9. The van der Waals surface area contributed by atoms with Crippen molar-refractivity contribution in [3.05, 3.63) is 65.1 Å². The molecule has 0 aliphatic carbocycles. The van der Waals surface area contributed by atoms with Crippen LogP contribution in [-0.2, 0) is 11.3 Å². The number of hydrogen-bond acceptors (Lipinski definition) is 4. The Morgan fingerprint density at radius 2 is 2.00 bits per heavy atom. The summed E-state index contributed by atoms with van der Waals surface area (Å²) in [5, 5.41) is 16.1. The third-order valence-electron chi connectivity index (χ3n) is 4.43. The van der Waals surface area contributed by atoms with Gasteiger partial charge in [-0.15, -0.1) is 0 Å². The summed E-state index contributed by atoms with van der Waals surface area (Å²) in [7, 11) is 0. The minimum atomic E-state index is -0.364. The van der Waals surface area contributed by atoms with Gasteiger partial charge in [-0.2, -0.15) is 5.26 Å². The average molecular weight is 376 g/mol. The number of pyridine rings is 1. The second kappa shape index (κ2) is 8.49. The maximum Gasteiger partial charge on any atom is 0.224 e. The van der Waals surface area contributed by atoms with Crippen molar-refractivity contribution in [2.45, 2.75) is 33.2 Å². The van der Waals surface area contributed by atoms with Gasteiger partial charge in [-0.25, -0.2) is 4.39 Å². The van der Waals surface area contributed by atoms with Gasteiger partial charge >= 0.3 is 0 Å². The molecule has 1 amide bonds. The van der Waals surface area contributed by atoms with E-state index < -0.39 is 0 Å². The topological polar surface area (TPSA) is 77.8 Å². The molecule has 0 bridgehead atoms. The number of nitrogens with one attached hydrogen (secondary N) is 2. The van der Waals surface area contributed by atoms with Gasteiger partial charge in [0.25, 0.3) is 0 Å². The number of halogens is 1. The summed E-state index contributed by atoms with van der Waals surface area (Å²) in [6, 6.07) is 12.4. The fraction of sp³-hybridized carbons (Fsp3) is 0.227. The first kappa shape index (κ1) is 19.3. The highest BCUT2D eigenvalue weighted by Crippen LogP contribution is 2.29. The van der Waals surface area contributed by atoms with Crippen LogP contribution in [-0.4, -0.2) is 10.9 Å². The van der Waals surface area contributed by atoms with Crippen molar-refractivity contribution in [2.75, 3.05) is 10.6 Å². The Bertz CT molecular complexity index is 1050. The normalized spacial score (nSPS) is 10.5. The fourth-order valence-electron chi connectivity index (χ4n) is 3.06. The molecule has 1 aromatic heterocycles. The Hall–Kier alpha value is -3.46. The van der Waals surface area contributed by atoms with Crippen LogP contribution in [0.3, 0.4) is 0 Å². The van der Waals surface area contributed by atoms with Gasteiger partial charge in [-0.3, -0.25) is 9.78 Å². The molecule has 0 atom stereocenters. The van der Waals surface area contributed by atoms with Crippen LogP contribution in [0, 0.1) is 24.1 Å². The summed E-state index contributed by atoms with van der Waals surface area (Å²) >= 11 is 0. The van der Waals surface area contributed by atoms with Crippen molar-refractivity contribution in [1.82, 2.24) is 4.98 Å². The predicted molar refractivity (Wildman–Crippen MR) is 108 cm³/mol. The Balaban J connectivity index is 1.82. The van der Waals surface area contributed by atoms with Gasteiger partial charge < -0.3 is 10.6 Å². The number of fused-ring (bicyclic) bond motifs is 1. The maximum atomic E-state index is 13.9. The van der Waals surface area contributed by atoms with Crippen LogP contribution in [0.2, 0.25) is 0 Å². The lowest BCUT2D eigenvalue weighted by molar-refractivity contribution is -0.116. The number of aryl methyl sites for hydroxylation is 1. The molecule has 0 radical (unpaired) electrons. The monoisotopic (exact) mass is 376 g/mol. The lowest BCUT2D eigenvalue weighted by atomic mass is 10.1. The van der Waals surface area contributed by atoms with E-state index in [0.717, 1.165) is 23.2 Å². The Kier molecular flexibility index (Phi) is 5.85. The second-order valence-corrected chi connectivity index (χ2v) is 6.63. The first-order valence-corrected chi connectivity index (χ1v) is 9.13. The van der Waals surface area contributed by atoms with E-state index in [0.29, 0.717) is 35.1 Å². The fourth-order valence-corrected chi connectivity index (χ4v) is 3.06. The molecular formula is C22H21FN4O. The largest absolute Gasteiger partial charge is 0.379 e. The highest BCUT2D eigenvalue weighted by molar-refractivity contribution is 5.95. The van der Waals surface area contributed by atoms with Crippen LogP contribution in [0.15, 0.2) is 42.6 Å². The second-order valence-electron chi connectivity index (χ2n) is 6.63. The van der Waals surface area contributed by atoms with Crippen molar-refractivity contribution in [1.29, 1.82) is 5.26 Å². The number of carbonyl (C=O) groups is 1. The van der Waals surface area contributed by atoms with Crippen LogP contribution in [0.1, 0.15) is 36.5 Å². The van der Waals surface area contributed by atoms with Crippen molar-refractivity contribution < 1.29 is 9.18 Å². The molecule has 0 spiro atoms. The maximum absolute atomic E-state index is 13.9. The number of carbonyl (C=O) groups excluding carboxylic acids is 1. The van der Waals surface area contributed by atoms with Crippen LogP contribution < -0.4 is 10.6 Å². The Morgan fingerprint density at radius 3 is 2.68 bits per heavy atom. The number of nitrogens with zero attached hydrogens (tertiary/aromatic N) is 2. The summed E-state index contributed by atoms with van der Waals surface area (Å²) in [6.07, 6.45) is 2.79. The zero-order valence-corrected chi connectivity index (χ0v) is 15.8. The molecule has 6 heteroatoms. The minimum absolute atomic E-state index is 0.00677. The summed E-state index contributed by atoms with van der Waals surface area (Å²) in [5.74, 6) is -0.371. The van der Waals surface area contributed by atoms with E-state index in [4.69, 9.17) is 0 Å². The van der Waals surface area contributed by atoms with E-state index in [1.807, 2.05) is 31.2 Å². The zero-order valence-electron chi connectivity index (χ0n) is 15.8. The predicted octanol–water partition coefficient (Wildman–Crippen LogP) is 4.90. The minimum Gasteiger partial charge on any atom is -0.379 e. The van der Waals surface area contributed by atoms with E-state index in [1.165, 1.54) is 18.3 Å². The van der Waals surface area contributed by atoms with Crippen molar-refractivity contribution in [3.8, 4) is 6.07 Å². The lowest BCUT2D eigenvalue weighted by Crippen LogP contribution is -2.10. The van der Waals surface area contributed by atoms with Crippen LogP contribution in [0.5, 0.6) is 0 Å². The average Bonchev–Trinajstić information content (AvgIpc) is 2.67. The molecule has 3 rings (SSSR count). The molecule has 1 heterocycles. The SMILES string of the molecule is CCCC(=O)Nc1ccc(CNc2c(C#N)cnc3c(C)cc(F)cc23)cc1. The van der Waals surface area contributed by atoms with Crippen LogP contribution in [0.4, 0.5) is 15.8 Å². The highest BCUT2D eigenvalue weighted by atomic mass is 19.1. The molecule has 3 aromatic rings. The van der Waals surface area contributed by atoms with E-state index in [2.05, 4.69) is 21.7 Å². The molecule has 0 saturated heterocycles. The third-order valence-corrected chi connectivity index (χ3v) is 4.43. The first-order chi connectivity index (χ1) is 13.5. The lowest BCUT2D eigenvalue weighted by Gasteiger charge is -2.13. The number of hydrogen-bond donors (Lipinski definition) is 2. The molecule has 28 heavy (non-hydrogen) atoms. The van der Waals surface area contributed by atoms with Crippen LogP contribution >= 0.6 is 0 Å². The highest BCUT2D eigenvalue weighted by Gasteiger charge is 2.12. The molecule has 142 valence electrons. The molecule has 0 fully saturated rings. The van der Waals surface area contributed by atoms with E-state index in [1.54, 1.807) is 6.92 Å². The molecule has 0 unspecified atom stereocenters. The van der Waals surface area contributed by atoms with Gasteiger partial charge in [0.15, 0.2) is 0 Å². The molecule has 2 N–H and O–H groups in total. The number of rotatable bonds is 6. The number of benzene rings is 2. The molecule has 0 saturated carbocycles. The summed E-state index contributed by atoms with van der Waals surface area (Å²) in [5.41, 5.74) is 4.02. The zero-order chi connectivity index (χ0) is 20.1. The van der Waals surface area contributed by atoms with Gasteiger partial charge in [0.05, 0.1) is 16.8 Å². The summed E-state index contributed by atoms with van der Waals surface area (Å²) in [6.45, 7) is 4.20. The molecule has 0 aliphatic rings. The number of aromatic nitrogens is 1. The third kappa shape index (κ3) is 4.26. The molecular weight excluding hydrogens is 355 g/mol. The van der Waals surface area contributed by atoms with Gasteiger partial charge in [0.2, 0.25) is 5.91 Å². The van der Waals surface area contributed by atoms with Crippen LogP contribution in [0.25, 0.3) is 10.9 Å². The number of anilines is 2.